The Hall–Kier alpha value is -2.83. The molecule has 7 nitrogen and oxygen atoms in total. The number of nitrogens with zero attached hydrogens (tertiary/aromatic N) is 3. The largest absolute Gasteiger partial charge is 0.444 e. The Bertz CT molecular complexity index is 981. The van der Waals surface area contributed by atoms with Gasteiger partial charge in [0.1, 0.15) is 5.76 Å². The van der Waals surface area contributed by atoms with Gasteiger partial charge in [-0.3, -0.25) is 13.9 Å². The second kappa shape index (κ2) is 5.75. The summed E-state index contributed by atoms with van der Waals surface area (Å²) in [5, 5.41) is 3.72. The van der Waals surface area contributed by atoms with E-state index >= 15 is 0 Å². The molecule has 1 aromatic carbocycles. The Morgan fingerprint density at radius 3 is 2.70 bits per heavy atom. The summed E-state index contributed by atoms with van der Waals surface area (Å²) in [4.78, 5) is 28.3. The van der Waals surface area contributed by atoms with Crippen molar-refractivity contribution in [3.63, 3.8) is 0 Å². The van der Waals surface area contributed by atoms with E-state index in [1.54, 1.807) is 25.4 Å². The van der Waals surface area contributed by atoms with E-state index in [1.807, 2.05) is 13.0 Å². The second-order valence-corrected chi connectivity index (χ2v) is 5.37. The maximum absolute atomic E-state index is 12.1. The summed E-state index contributed by atoms with van der Waals surface area (Å²) in [5.74, 6) is 1.44. The number of aromatic nitrogens is 3. The maximum Gasteiger partial charge on any atom is 0.330 e. The summed E-state index contributed by atoms with van der Waals surface area (Å²) >= 11 is 0. The lowest BCUT2D eigenvalue weighted by Crippen LogP contribution is -2.36. The fraction of sp³-hybridized carbons (Fsp3) is 0.312. The van der Waals surface area contributed by atoms with Crippen molar-refractivity contribution in [1.29, 1.82) is 0 Å². The fourth-order valence-corrected chi connectivity index (χ4v) is 2.48. The van der Waals surface area contributed by atoms with E-state index in [0.717, 1.165) is 22.4 Å². The van der Waals surface area contributed by atoms with Gasteiger partial charge in [0.15, 0.2) is 5.89 Å². The van der Waals surface area contributed by atoms with Gasteiger partial charge in [-0.2, -0.15) is 0 Å². The van der Waals surface area contributed by atoms with E-state index in [-0.39, 0.29) is 11.2 Å². The Labute approximate surface area is 132 Å². The molecule has 0 amide bonds. The van der Waals surface area contributed by atoms with Crippen LogP contribution in [0.15, 0.2) is 38.4 Å². The van der Waals surface area contributed by atoms with Crippen LogP contribution in [-0.4, -0.2) is 14.1 Å². The highest BCUT2D eigenvalue weighted by Gasteiger charge is 2.09. The minimum atomic E-state index is -0.345. The molecule has 0 unspecified atom stereocenters. The number of hydrogen-bond donors (Lipinski definition) is 1. The first-order valence-corrected chi connectivity index (χ1v) is 7.38. The zero-order valence-electron chi connectivity index (χ0n) is 13.3. The first-order chi connectivity index (χ1) is 11.0. The van der Waals surface area contributed by atoms with E-state index in [4.69, 9.17) is 4.42 Å². The van der Waals surface area contributed by atoms with Crippen molar-refractivity contribution >= 4 is 16.6 Å². The summed E-state index contributed by atoms with van der Waals surface area (Å²) in [7, 11) is 3.13. The second-order valence-electron chi connectivity index (χ2n) is 5.37. The van der Waals surface area contributed by atoms with E-state index in [9.17, 15) is 9.59 Å². The van der Waals surface area contributed by atoms with Gasteiger partial charge in [-0.25, -0.2) is 9.78 Å². The highest BCUT2D eigenvalue weighted by Crippen LogP contribution is 2.16. The van der Waals surface area contributed by atoms with Crippen LogP contribution in [0.2, 0.25) is 0 Å². The molecule has 3 rings (SSSR count). The molecule has 0 saturated carbocycles. The zero-order valence-corrected chi connectivity index (χ0v) is 13.3. The Kier molecular flexibility index (Phi) is 3.77. The summed E-state index contributed by atoms with van der Waals surface area (Å²) < 4.78 is 8.11. The highest BCUT2D eigenvalue weighted by molar-refractivity contribution is 5.81. The summed E-state index contributed by atoms with van der Waals surface area (Å²) in [6, 6.07) is 5.32. The van der Waals surface area contributed by atoms with Gasteiger partial charge in [0.2, 0.25) is 0 Å². The van der Waals surface area contributed by atoms with Crippen LogP contribution in [-0.2, 0) is 27.1 Å². The summed E-state index contributed by atoms with van der Waals surface area (Å²) in [5.41, 5.74) is 0.755. The number of fused-ring (bicyclic) bond motifs is 1. The van der Waals surface area contributed by atoms with Gasteiger partial charge in [0, 0.05) is 26.2 Å². The molecule has 2 heterocycles. The maximum atomic E-state index is 12.1. The lowest BCUT2D eigenvalue weighted by Gasteiger charge is -2.10. The topological polar surface area (TPSA) is 82.1 Å². The molecule has 7 heteroatoms. The predicted octanol–water partition coefficient (Wildman–Crippen LogP) is 1.40. The molecular weight excluding hydrogens is 296 g/mol. The molecule has 1 N–H and O–H groups in total. The molecule has 0 atom stereocenters. The van der Waals surface area contributed by atoms with Crippen molar-refractivity contribution in [3.8, 4) is 0 Å². The van der Waals surface area contributed by atoms with Gasteiger partial charge in [-0.15, -0.1) is 0 Å². The van der Waals surface area contributed by atoms with Crippen LogP contribution in [0.25, 0.3) is 10.9 Å². The first-order valence-electron chi connectivity index (χ1n) is 7.38. The fourth-order valence-electron chi connectivity index (χ4n) is 2.48. The van der Waals surface area contributed by atoms with Crippen molar-refractivity contribution in [3.05, 3.63) is 56.9 Å². The monoisotopic (exact) mass is 314 g/mol. The van der Waals surface area contributed by atoms with Crippen molar-refractivity contribution < 1.29 is 4.42 Å². The number of oxazole rings is 1. The summed E-state index contributed by atoms with van der Waals surface area (Å²) in [6.07, 6.45) is 2.44. The van der Waals surface area contributed by atoms with Crippen LogP contribution in [0.3, 0.4) is 0 Å². The van der Waals surface area contributed by atoms with E-state index < -0.39 is 0 Å². The van der Waals surface area contributed by atoms with Crippen LogP contribution >= 0.6 is 0 Å². The third kappa shape index (κ3) is 2.65. The zero-order chi connectivity index (χ0) is 16.6. The molecule has 23 heavy (non-hydrogen) atoms. The van der Waals surface area contributed by atoms with Crippen LogP contribution in [0, 0.1) is 0 Å². The van der Waals surface area contributed by atoms with Gasteiger partial charge in [0.05, 0.1) is 23.6 Å². The SMILES string of the molecule is CCc1ncc(CNc2ccc3c(=O)n(C)c(=O)n(C)c3c2)o1. The standard InChI is InChI=1S/C16H18N4O3/c1-4-14-18-9-11(23-14)8-17-10-5-6-12-13(7-10)19(2)16(22)20(3)15(12)21/h5-7,9,17H,4,8H2,1-3H3. The Morgan fingerprint density at radius 2 is 2.00 bits per heavy atom. The van der Waals surface area contributed by atoms with E-state index in [2.05, 4.69) is 10.3 Å². The lowest BCUT2D eigenvalue weighted by molar-refractivity contribution is 0.465. The van der Waals surface area contributed by atoms with Gasteiger partial charge in [-0.05, 0) is 18.2 Å². The molecule has 0 aliphatic heterocycles. The van der Waals surface area contributed by atoms with Crippen molar-refractivity contribution in [2.75, 3.05) is 5.32 Å². The third-order valence-corrected chi connectivity index (χ3v) is 3.84. The van der Waals surface area contributed by atoms with E-state index in [1.165, 1.54) is 11.6 Å². The van der Waals surface area contributed by atoms with Gasteiger partial charge in [-0.1, -0.05) is 6.92 Å². The predicted molar refractivity (Wildman–Crippen MR) is 87.6 cm³/mol. The minimum absolute atomic E-state index is 0.294. The van der Waals surface area contributed by atoms with Gasteiger partial charge in [0.25, 0.3) is 5.56 Å². The number of rotatable bonds is 4. The molecule has 0 bridgehead atoms. The van der Waals surface area contributed by atoms with Crippen molar-refractivity contribution in [2.24, 2.45) is 14.1 Å². The molecule has 0 spiro atoms. The average Bonchev–Trinajstić information content (AvgIpc) is 3.04. The molecule has 0 aliphatic carbocycles. The third-order valence-electron chi connectivity index (χ3n) is 3.84. The normalized spacial score (nSPS) is 11.1. The van der Waals surface area contributed by atoms with Gasteiger partial charge >= 0.3 is 5.69 Å². The first kappa shape index (κ1) is 15.1. The van der Waals surface area contributed by atoms with Crippen LogP contribution in [0.4, 0.5) is 5.69 Å². The molecule has 120 valence electrons. The Balaban J connectivity index is 1.94. The number of hydrogen-bond acceptors (Lipinski definition) is 5. The molecule has 0 aliphatic rings. The highest BCUT2D eigenvalue weighted by atomic mass is 16.4. The molecule has 0 radical (unpaired) electrons. The number of nitrogens with one attached hydrogen (secondary N) is 1. The lowest BCUT2D eigenvalue weighted by atomic mass is 10.2. The average molecular weight is 314 g/mol. The molecule has 2 aromatic heterocycles. The molecule has 0 fully saturated rings. The van der Waals surface area contributed by atoms with E-state index in [0.29, 0.717) is 23.3 Å². The molecule has 3 aromatic rings. The van der Waals surface area contributed by atoms with Crippen LogP contribution in [0.1, 0.15) is 18.6 Å². The molecular formula is C16H18N4O3. The number of benzene rings is 1. The van der Waals surface area contributed by atoms with Crippen LogP contribution in [0.5, 0.6) is 0 Å². The van der Waals surface area contributed by atoms with Gasteiger partial charge < -0.3 is 9.73 Å². The quantitative estimate of drug-likeness (QED) is 0.787. The summed E-state index contributed by atoms with van der Waals surface area (Å²) in [6.45, 7) is 2.46. The van der Waals surface area contributed by atoms with Crippen molar-refractivity contribution in [1.82, 2.24) is 14.1 Å². The van der Waals surface area contributed by atoms with Crippen LogP contribution < -0.4 is 16.6 Å². The number of anilines is 1. The molecule has 0 saturated heterocycles. The minimum Gasteiger partial charge on any atom is -0.444 e. The van der Waals surface area contributed by atoms with Crippen molar-refractivity contribution in [2.45, 2.75) is 19.9 Å². The Morgan fingerprint density at radius 1 is 1.22 bits per heavy atom. The number of aryl methyl sites for hydroxylation is 2. The smallest absolute Gasteiger partial charge is 0.330 e.